The van der Waals surface area contributed by atoms with Crippen LogP contribution in [0.25, 0.3) is 21.8 Å². The number of nitrogens with two attached hydrogens (primary N) is 1. The Morgan fingerprint density at radius 2 is 1.43 bits per heavy atom. The number of aryl methyl sites for hydroxylation is 1. The Hall–Kier alpha value is -4.90. The number of methoxy groups -OCH3 is 2. The van der Waals surface area contributed by atoms with Gasteiger partial charge in [-0.05, 0) is 98.2 Å². The monoisotopic (exact) mass is 699 g/mol. The van der Waals surface area contributed by atoms with Crippen molar-refractivity contribution in [2.75, 3.05) is 20.8 Å². The van der Waals surface area contributed by atoms with E-state index in [1.54, 1.807) is 7.11 Å². The molecule has 0 aliphatic rings. The Morgan fingerprint density at radius 3 is 2.06 bits per heavy atom. The highest BCUT2D eigenvalue weighted by atomic mass is 16.5. The second-order valence-electron chi connectivity index (χ2n) is 13.1. The Kier molecular flexibility index (Phi) is 14.4. The predicted molar refractivity (Wildman–Crippen MR) is 201 cm³/mol. The average molecular weight is 700 g/mol. The Bertz CT molecular complexity index is 1790. The van der Waals surface area contributed by atoms with Crippen molar-refractivity contribution in [2.45, 2.75) is 96.2 Å². The Labute approximate surface area is 300 Å². The number of nitrogens with one attached hydrogen (secondary N) is 4. The highest BCUT2D eigenvalue weighted by molar-refractivity contribution is 6.07. The zero-order valence-corrected chi connectivity index (χ0v) is 30.5. The Morgan fingerprint density at radius 1 is 0.765 bits per heavy atom. The average Bonchev–Trinajstić information content (AvgIpc) is 3.49. The van der Waals surface area contributed by atoms with Gasteiger partial charge in [-0.1, -0.05) is 51.0 Å². The molecule has 0 aliphatic heterocycles. The maximum absolute atomic E-state index is 14.4. The van der Waals surface area contributed by atoms with Crippen LogP contribution in [-0.2, 0) is 36.8 Å². The van der Waals surface area contributed by atoms with E-state index in [0.717, 1.165) is 45.8 Å². The van der Waals surface area contributed by atoms with Gasteiger partial charge in [0.15, 0.2) is 0 Å². The molecule has 4 rings (SSSR count). The normalized spacial score (nSPS) is 13.6. The summed E-state index contributed by atoms with van der Waals surface area (Å²) in [6.07, 6.45) is 4.95. The summed E-state index contributed by atoms with van der Waals surface area (Å²) in [4.78, 5) is 56.8. The van der Waals surface area contributed by atoms with Crippen LogP contribution < -0.4 is 26.4 Å². The summed E-state index contributed by atoms with van der Waals surface area (Å²) in [5.41, 5.74) is 10.8. The van der Waals surface area contributed by atoms with Gasteiger partial charge in [-0.2, -0.15) is 0 Å². The number of carbonyl (C=O) groups excluding carboxylic acids is 4. The lowest BCUT2D eigenvalue weighted by atomic mass is 9.84. The molecule has 51 heavy (non-hydrogen) atoms. The van der Waals surface area contributed by atoms with Crippen LogP contribution in [0.3, 0.4) is 0 Å². The number of fused-ring (bicyclic) bond motifs is 3. The third-order valence-corrected chi connectivity index (χ3v) is 9.27. The number of hydrogen-bond acceptors (Lipinski definition) is 7. The van der Waals surface area contributed by atoms with E-state index >= 15 is 0 Å². The van der Waals surface area contributed by atoms with Crippen molar-refractivity contribution in [1.82, 2.24) is 20.9 Å². The van der Waals surface area contributed by atoms with Gasteiger partial charge < -0.3 is 36.1 Å². The maximum Gasteiger partial charge on any atom is 0.328 e. The van der Waals surface area contributed by atoms with Crippen LogP contribution in [0.4, 0.5) is 0 Å². The molecule has 6 N–H and O–H groups in total. The molecule has 4 unspecified atom stereocenters. The van der Waals surface area contributed by atoms with E-state index in [4.69, 9.17) is 15.2 Å². The van der Waals surface area contributed by atoms with Gasteiger partial charge in [-0.15, -0.1) is 0 Å². The first-order valence-electron chi connectivity index (χ1n) is 17.9. The van der Waals surface area contributed by atoms with E-state index in [1.807, 2.05) is 43.3 Å². The number of aromatic nitrogens is 1. The molecule has 0 spiro atoms. The van der Waals surface area contributed by atoms with Gasteiger partial charge in [0.25, 0.3) is 0 Å². The molecule has 0 fully saturated rings. The van der Waals surface area contributed by atoms with Crippen LogP contribution in [-0.4, -0.2) is 67.6 Å². The number of aromatic amines is 1. The van der Waals surface area contributed by atoms with Crippen LogP contribution in [0, 0.1) is 0 Å². The van der Waals surface area contributed by atoms with Crippen molar-refractivity contribution in [2.24, 2.45) is 5.73 Å². The second kappa shape index (κ2) is 18.9. The van der Waals surface area contributed by atoms with E-state index in [0.29, 0.717) is 50.8 Å². The molecule has 0 radical (unpaired) electrons. The molecule has 1 aromatic heterocycles. The van der Waals surface area contributed by atoms with Crippen molar-refractivity contribution in [1.29, 1.82) is 0 Å². The van der Waals surface area contributed by atoms with E-state index in [2.05, 4.69) is 52.1 Å². The molecule has 3 aromatic carbocycles. The number of rotatable bonds is 19. The van der Waals surface area contributed by atoms with Gasteiger partial charge >= 0.3 is 5.97 Å². The van der Waals surface area contributed by atoms with Crippen LogP contribution in [0.1, 0.15) is 81.9 Å². The minimum atomic E-state index is -1.04. The van der Waals surface area contributed by atoms with Gasteiger partial charge in [0, 0.05) is 34.6 Å². The first kappa shape index (κ1) is 38.9. The van der Waals surface area contributed by atoms with E-state index in [-0.39, 0.29) is 5.91 Å². The lowest BCUT2D eigenvalue weighted by Crippen LogP contribution is -2.57. The second-order valence-corrected chi connectivity index (χ2v) is 13.1. The minimum Gasteiger partial charge on any atom is -0.497 e. The highest BCUT2D eigenvalue weighted by Crippen LogP contribution is 2.33. The molecule has 0 saturated carbocycles. The molecule has 0 saturated heterocycles. The molecule has 0 bridgehead atoms. The van der Waals surface area contributed by atoms with Crippen LogP contribution in [0.5, 0.6) is 5.75 Å². The predicted octanol–water partition coefficient (Wildman–Crippen LogP) is 5.18. The zero-order valence-electron chi connectivity index (χ0n) is 30.5. The molecule has 1 heterocycles. The lowest BCUT2D eigenvalue weighted by Gasteiger charge is -2.30. The fourth-order valence-electron chi connectivity index (χ4n) is 6.62. The van der Waals surface area contributed by atoms with Gasteiger partial charge in [0.1, 0.15) is 23.9 Å². The molecule has 0 aliphatic carbocycles. The van der Waals surface area contributed by atoms with Crippen molar-refractivity contribution in [3.63, 3.8) is 0 Å². The first-order chi connectivity index (χ1) is 24.6. The van der Waals surface area contributed by atoms with Crippen molar-refractivity contribution in [3.8, 4) is 5.75 Å². The maximum atomic E-state index is 14.4. The quantitative estimate of drug-likeness (QED) is 0.0665. The molecule has 11 heteroatoms. The smallest absolute Gasteiger partial charge is 0.328 e. The first-order valence-corrected chi connectivity index (χ1v) is 17.9. The highest BCUT2D eigenvalue weighted by Gasteiger charge is 2.34. The number of carbonyl (C=O) groups is 4. The molecular weight excluding hydrogens is 646 g/mol. The fraction of sp³-hybridized carbons (Fsp3) is 0.450. The van der Waals surface area contributed by atoms with Crippen molar-refractivity contribution in [3.05, 3.63) is 77.4 Å². The number of benzene rings is 3. The van der Waals surface area contributed by atoms with Crippen LogP contribution in [0.15, 0.2) is 60.7 Å². The minimum absolute atomic E-state index is 0.298. The number of H-pyrrole nitrogens is 1. The Balaban J connectivity index is 1.77. The van der Waals surface area contributed by atoms with Gasteiger partial charge in [-0.25, -0.2) is 4.79 Å². The molecule has 11 nitrogen and oxygen atoms in total. The van der Waals surface area contributed by atoms with Crippen LogP contribution >= 0.6 is 0 Å². The zero-order chi connectivity index (χ0) is 36.9. The van der Waals surface area contributed by atoms with Gasteiger partial charge in [-0.3, -0.25) is 14.4 Å². The molecule has 4 atom stereocenters. The SMILES string of the molecule is CCCc1ccc2[nH]c3ccc(C(Cc4ccc(OC)cc4)C(NC(C)=O)C(=O)NC(CCCCN)C(=O)NC(CCC)C(=O)OC)cc3c2c1. The molecule has 4 aromatic rings. The van der Waals surface area contributed by atoms with Gasteiger partial charge in [0.2, 0.25) is 17.7 Å². The number of amides is 3. The molecule has 3 amide bonds. The summed E-state index contributed by atoms with van der Waals surface area (Å²) in [7, 11) is 2.88. The fourth-order valence-corrected chi connectivity index (χ4v) is 6.62. The van der Waals surface area contributed by atoms with Crippen molar-refractivity contribution < 1.29 is 28.7 Å². The summed E-state index contributed by atoms with van der Waals surface area (Å²) < 4.78 is 10.3. The van der Waals surface area contributed by atoms with E-state index in [9.17, 15) is 19.2 Å². The van der Waals surface area contributed by atoms with E-state index in [1.165, 1.54) is 19.6 Å². The summed E-state index contributed by atoms with van der Waals surface area (Å²) in [6, 6.07) is 17.3. The summed E-state index contributed by atoms with van der Waals surface area (Å²) in [5.74, 6) is -1.76. The third-order valence-electron chi connectivity index (χ3n) is 9.27. The summed E-state index contributed by atoms with van der Waals surface area (Å²) in [6.45, 7) is 5.86. The third kappa shape index (κ3) is 10.3. The lowest BCUT2D eigenvalue weighted by molar-refractivity contribution is -0.145. The topological polar surface area (TPSA) is 165 Å². The largest absolute Gasteiger partial charge is 0.497 e. The number of esters is 1. The van der Waals surface area contributed by atoms with Gasteiger partial charge in [0.05, 0.1) is 14.2 Å². The molecule has 274 valence electrons. The van der Waals surface area contributed by atoms with Crippen LogP contribution in [0.2, 0.25) is 0 Å². The van der Waals surface area contributed by atoms with Crippen molar-refractivity contribution >= 4 is 45.5 Å². The summed E-state index contributed by atoms with van der Waals surface area (Å²) in [5, 5.41) is 10.7. The number of hydrogen-bond donors (Lipinski definition) is 5. The summed E-state index contributed by atoms with van der Waals surface area (Å²) >= 11 is 0. The standard InChI is InChI=1S/C40H53N5O6/c1-6-10-26-15-19-33-31(23-26)32-24-28(16-20-34(32)43-33)30(22-27-13-17-29(50-4)18-14-27)37(42-25(3)46)39(48)44-35(12-8-9-21-41)38(47)45-36(11-7-2)40(49)51-5/h13-20,23-24,30,35-37,43H,6-12,21-22,41H2,1-5H3,(H,42,46)(H,44,48)(H,45,47). The molecular formula is C40H53N5O6. The number of ether oxygens (including phenoxy) is 2. The number of unbranched alkanes of at least 4 members (excludes halogenated alkanes) is 1. The van der Waals surface area contributed by atoms with E-state index < -0.39 is 41.8 Å².